The second-order valence-corrected chi connectivity index (χ2v) is 12.4. The zero-order valence-electron chi connectivity index (χ0n) is 16.8. The number of halogens is 3. The lowest BCUT2D eigenvalue weighted by Crippen LogP contribution is -2.21. The van der Waals surface area contributed by atoms with Crippen molar-refractivity contribution in [2.75, 3.05) is 0 Å². The normalized spacial score (nSPS) is 11.7. The summed E-state index contributed by atoms with van der Waals surface area (Å²) in [7, 11) is -6.14. The van der Waals surface area contributed by atoms with Gasteiger partial charge in [-0.15, -0.1) is 0 Å². The van der Waals surface area contributed by atoms with E-state index in [1.165, 1.54) is 23.1 Å². The molecule has 0 aliphatic rings. The molecule has 4 aromatic rings. The molecule has 0 saturated carbocycles. The summed E-state index contributed by atoms with van der Waals surface area (Å²) < 4.78 is 61.7. The van der Waals surface area contributed by atoms with Gasteiger partial charge in [-0.1, -0.05) is 77.7 Å². The van der Waals surface area contributed by atoms with Crippen molar-refractivity contribution >= 4 is 44.1 Å². The predicted molar refractivity (Wildman–Crippen MR) is 126 cm³/mol. The Morgan fingerprint density at radius 3 is 1.58 bits per heavy atom. The largest absolute Gasteiger partial charge is 0.741 e. The van der Waals surface area contributed by atoms with Gasteiger partial charge in [0.2, 0.25) is 4.21 Å². The molecule has 0 atom stereocenters. The number of benzene rings is 3. The first kappa shape index (κ1) is 25.4. The molecule has 0 saturated heterocycles. The van der Waals surface area contributed by atoms with Crippen molar-refractivity contribution < 1.29 is 26.1 Å². The molecule has 0 aliphatic heterocycles. The van der Waals surface area contributed by atoms with Gasteiger partial charge in [-0.2, -0.15) is 13.2 Å². The van der Waals surface area contributed by atoms with Crippen LogP contribution in [0.15, 0.2) is 126 Å². The van der Waals surface area contributed by atoms with Crippen LogP contribution in [0.3, 0.4) is 0 Å². The van der Waals surface area contributed by atoms with E-state index in [1.807, 2.05) is 23.1 Å². The van der Waals surface area contributed by atoms with Gasteiger partial charge in [0.05, 0.1) is 4.21 Å². The van der Waals surface area contributed by atoms with Crippen LogP contribution in [-0.4, -0.2) is 18.5 Å². The lowest BCUT2D eigenvalue weighted by Gasteiger charge is -2.08. The van der Waals surface area contributed by atoms with Crippen molar-refractivity contribution in [1.29, 1.82) is 0 Å². The fourth-order valence-corrected chi connectivity index (χ4v) is 7.55. The molecule has 10 heteroatoms. The molecule has 0 radical (unpaired) electrons. The SMILES string of the molecule is O=S(=O)([O-])C(F)(F)F.c1ccc(Sc2ccc([S+](c3ccccc3)c3ccccc3)s2)cc1. The monoisotopic (exact) mass is 526 g/mol. The van der Waals surface area contributed by atoms with Crippen molar-refractivity contribution in [2.45, 2.75) is 28.6 Å². The first-order valence-electron chi connectivity index (χ1n) is 9.34. The van der Waals surface area contributed by atoms with Crippen molar-refractivity contribution in [3.05, 3.63) is 103 Å². The first-order valence-corrected chi connectivity index (χ1v) is 13.6. The Labute approximate surface area is 201 Å². The van der Waals surface area contributed by atoms with E-state index in [1.54, 1.807) is 0 Å². The van der Waals surface area contributed by atoms with Crippen molar-refractivity contribution in [3.8, 4) is 0 Å². The van der Waals surface area contributed by atoms with Crippen molar-refractivity contribution in [1.82, 2.24) is 0 Å². The molecule has 3 nitrogen and oxygen atoms in total. The summed E-state index contributed by atoms with van der Waals surface area (Å²) >= 11 is 3.74. The number of alkyl halides is 3. The summed E-state index contributed by atoms with van der Waals surface area (Å²) in [5.74, 6) is 0. The topological polar surface area (TPSA) is 57.2 Å². The molecule has 1 aromatic heterocycles. The van der Waals surface area contributed by atoms with Gasteiger partial charge in [0.1, 0.15) is 10.9 Å². The van der Waals surface area contributed by atoms with Gasteiger partial charge in [0.25, 0.3) is 0 Å². The molecule has 0 amide bonds. The van der Waals surface area contributed by atoms with Gasteiger partial charge in [0, 0.05) is 11.0 Å². The van der Waals surface area contributed by atoms with Gasteiger partial charge >= 0.3 is 5.51 Å². The summed E-state index contributed by atoms with van der Waals surface area (Å²) in [6.45, 7) is 0. The van der Waals surface area contributed by atoms with E-state index >= 15 is 0 Å². The number of thiophene rings is 1. The van der Waals surface area contributed by atoms with Crippen molar-refractivity contribution in [2.24, 2.45) is 0 Å². The Morgan fingerprint density at radius 1 is 0.727 bits per heavy atom. The average Bonchev–Trinajstić information content (AvgIpc) is 3.23. The molecule has 172 valence electrons. The van der Waals surface area contributed by atoms with E-state index in [9.17, 15) is 13.2 Å². The maximum absolute atomic E-state index is 10.7. The van der Waals surface area contributed by atoms with Gasteiger partial charge in [-0.3, -0.25) is 0 Å². The lowest BCUT2D eigenvalue weighted by molar-refractivity contribution is -0.0517. The molecule has 0 aliphatic carbocycles. The van der Waals surface area contributed by atoms with Crippen LogP contribution in [0.5, 0.6) is 0 Å². The molecule has 0 fully saturated rings. The van der Waals surface area contributed by atoms with E-state index in [4.69, 9.17) is 13.0 Å². The summed E-state index contributed by atoms with van der Waals surface area (Å²) in [5, 5.41) is 0. The average molecular weight is 527 g/mol. The first-order chi connectivity index (χ1) is 15.6. The fourth-order valence-electron chi connectivity index (χ4n) is 2.55. The quantitative estimate of drug-likeness (QED) is 0.159. The number of hydrogen-bond acceptors (Lipinski definition) is 5. The highest BCUT2D eigenvalue weighted by molar-refractivity contribution is 8.02. The highest BCUT2D eigenvalue weighted by Crippen LogP contribution is 2.40. The lowest BCUT2D eigenvalue weighted by atomic mass is 10.4. The molecule has 1 heterocycles. The fraction of sp³-hybridized carbons (Fsp3) is 0.0435. The van der Waals surface area contributed by atoms with Gasteiger partial charge in [-0.25, -0.2) is 8.42 Å². The minimum Gasteiger partial charge on any atom is -0.741 e. The Balaban J connectivity index is 0.000000331. The highest BCUT2D eigenvalue weighted by Gasteiger charge is 2.37. The molecular weight excluding hydrogens is 510 g/mol. The number of hydrogen-bond donors (Lipinski definition) is 0. The van der Waals surface area contributed by atoms with Crippen LogP contribution in [0.1, 0.15) is 0 Å². The Bertz CT molecular complexity index is 1200. The second kappa shape index (κ2) is 11.3. The third-order valence-corrected chi connectivity index (χ3v) is 9.32. The van der Waals surface area contributed by atoms with Crippen LogP contribution >= 0.6 is 23.1 Å². The van der Waals surface area contributed by atoms with Crippen LogP contribution in [0.4, 0.5) is 13.2 Å². The minimum absolute atomic E-state index is 0.0466. The molecule has 33 heavy (non-hydrogen) atoms. The Morgan fingerprint density at radius 2 is 1.15 bits per heavy atom. The van der Waals surface area contributed by atoms with E-state index < -0.39 is 15.6 Å². The van der Waals surface area contributed by atoms with E-state index in [0.717, 1.165) is 0 Å². The Hall–Kier alpha value is -2.24. The molecule has 0 unspecified atom stereocenters. The molecule has 0 bridgehead atoms. The van der Waals surface area contributed by atoms with Gasteiger partial charge in [0.15, 0.2) is 19.9 Å². The van der Waals surface area contributed by atoms with Crippen LogP contribution in [0.2, 0.25) is 0 Å². The molecular formula is C23H17F3O3S4. The van der Waals surface area contributed by atoms with Crippen LogP contribution < -0.4 is 0 Å². The van der Waals surface area contributed by atoms with E-state index in [2.05, 4.69) is 103 Å². The van der Waals surface area contributed by atoms with Gasteiger partial charge in [-0.05, 0) is 42.5 Å². The molecule has 3 aromatic carbocycles. The smallest absolute Gasteiger partial charge is 0.485 e. The zero-order valence-corrected chi connectivity index (χ0v) is 20.1. The maximum Gasteiger partial charge on any atom is 0.485 e. The zero-order chi connectivity index (χ0) is 23.9. The van der Waals surface area contributed by atoms with Crippen LogP contribution in [0.25, 0.3) is 0 Å². The second-order valence-electron chi connectivity index (χ2n) is 6.32. The summed E-state index contributed by atoms with van der Waals surface area (Å²) in [5.41, 5.74) is -5.65. The molecule has 4 rings (SSSR count). The maximum atomic E-state index is 10.7. The molecule has 0 spiro atoms. The predicted octanol–water partition coefficient (Wildman–Crippen LogP) is 7.05. The third kappa shape index (κ3) is 7.38. The minimum atomic E-state index is -6.09. The standard InChI is InChI=1S/C22H17S3.CHF3O3S/c1-4-10-18(11-5-1)23-21-16-17-22(24-21)25(19-12-6-2-7-13-19)20-14-8-3-9-15-20;2-1(3,4)8(5,6)7/h1-17H;(H,5,6,7)/q+1;/p-1. The van der Waals surface area contributed by atoms with E-state index in [-0.39, 0.29) is 10.9 Å². The number of rotatable bonds is 5. The van der Waals surface area contributed by atoms with Gasteiger partial charge < -0.3 is 4.55 Å². The highest BCUT2D eigenvalue weighted by atomic mass is 32.2. The van der Waals surface area contributed by atoms with E-state index in [0.29, 0.717) is 0 Å². The third-order valence-electron chi connectivity index (χ3n) is 3.96. The summed E-state index contributed by atoms with van der Waals surface area (Å²) in [4.78, 5) is 4.02. The summed E-state index contributed by atoms with van der Waals surface area (Å²) in [6.07, 6.45) is 0. The molecule has 0 N–H and O–H groups in total. The van der Waals surface area contributed by atoms with Crippen LogP contribution in [-0.2, 0) is 21.0 Å². The summed E-state index contributed by atoms with van der Waals surface area (Å²) in [6, 6.07) is 36.8. The van der Waals surface area contributed by atoms with Crippen molar-refractivity contribution in [3.63, 3.8) is 0 Å². The Kier molecular flexibility index (Phi) is 8.66. The van der Waals surface area contributed by atoms with Crippen LogP contribution in [0, 0.1) is 0 Å².